The third kappa shape index (κ3) is 10.5. The Hall–Kier alpha value is -0.610. The minimum atomic E-state index is -0.271. The topological polar surface area (TPSA) is 58.6 Å². The number of nitrogens with one attached hydrogen (secondary N) is 1. The number of rotatable bonds is 12. The van der Waals surface area contributed by atoms with Crippen molar-refractivity contribution < 1.29 is 14.6 Å². The van der Waals surface area contributed by atoms with Crippen molar-refractivity contribution in [3.8, 4) is 0 Å². The van der Waals surface area contributed by atoms with Gasteiger partial charge in [0.15, 0.2) is 0 Å². The summed E-state index contributed by atoms with van der Waals surface area (Å²) in [5.74, 6) is 0.0136. The predicted molar refractivity (Wildman–Crippen MR) is 73.5 cm³/mol. The monoisotopic (exact) mass is 259 g/mol. The summed E-state index contributed by atoms with van der Waals surface area (Å²) >= 11 is 0. The third-order valence-corrected chi connectivity index (χ3v) is 2.96. The minimum absolute atomic E-state index is 0.0136. The Labute approximate surface area is 111 Å². The third-order valence-electron chi connectivity index (χ3n) is 2.96. The fourth-order valence-electron chi connectivity index (χ4n) is 1.88. The van der Waals surface area contributed by atoms with Gasteiger partial charge in [-0.15, -0.1) is 0 Å². The van der Waals surface area contributed by atoms with Crippen molar-refractivity contribution in [1.29, 1.82) is 0 Å². The maximum Gasteiger partial charge on any atom is 0.220 e. The molecule has 4 heteroatoms. The molecular weight excluding hydrogens is 230 g/mol. The van der Waals surface area contributed by atoms with Gasteiger partial charge in [-0.05, 0) is 6.42 Å². The number of amides is 1. The van der Waals surface area contributed by atoms with E-state index in [2.05, 4.69) is 12.2 Å². The molecule has 0 spiro atoms. The second-order valence-electron chi connectivity index (χ2n) is 4.77. The second kappa shape index (κ2) is 12.8. The smallest absolute Gasteiger partial charge is 0.220 e. The molecule has 0 saturated heterocycles. The summed E-state index contributed by atoms with van der Waals surface area (Å²) in [7, 11) is 1.56. The zero-order valence-corrected chi connectivity index (χ0v) is 11.9. The van der Waals surface area contributed by atoms with Crippen LogP contribution in [-0.4, -0.2) is 37.4 Å². The molecule has 18 heavy (non-hydrogen) atoms. The van der Waals surface area contributed by atoms with Crippen molar-refractivity contribution >= 4 is 5.91 Å². The molecular formula is C14H29NO3. The lowest BCUT2D eigenvalue weighted by Crippen LogP contribution is -2.40. The van der Waals surface area contributed by atoms with Crippen LogP contribution in [0.1, 0.15) is 58.3 Å². The molecule has 0 fully saturated rings. The lowest BCUT2D eigenvalue weighted by molar-refractivity contribution is -0.122. The molecule has 0 rings (SSSR count). The number of aliphatic hydroxyl groups excluding tert-OH is 1. The first-order valence-electron chi connectivity index (χ1n) is 7.13. The number of aliphatic hydroxyl groups is 1. The van der Waals surface area contributed by atoms with Crippen LogP contribution in [0, 0.1) is 0 Å². The van der Waals surface area contributed by atoms with E-state index in [4.69, 9.17) is 9.84 Å². The highest BCUT2D eigenvalue weighted by Gasteiger charge is 2.10. The van der Waals surface area contributed by atoms with Gasteiger partial charge in [0.1, 0.15) is 0 Å². The zero-order valence-electron chi connectivity index (χ0n) is 11.9. The van der Waals surface area contributed by atoms with E-state index in [1.165, 1.54) is 32.1 Å². The van der Waals surface area contributed by atoms with Crippen LogP contribution >= 0.6 is 0 Å². The van der Waals surface area contributed by atoms with Crippen molar-refractivity contribution in [1.82, 2.24) is 5.32 Å². The highest BCUT2D eigenvalue weighted by molar-refractivity contribution is 5.76. The Balaban J connectivity index is 3.41. The molecule has 0 heterocycles. The van der Waals surface area contributed by atoms with Crippen LogP contribution < -0.4 is 5.32 Å². The molecule has 0 aliphatic rings. The van der Waals surface area contributed by atoms with Gasteiger partial charge in [-0.25, -0.2) is 0 Å². The largest absolute Gasteiger partial charge is 0.394 e. The number of methoxy groups -OCH3 is 1. The molecule has 2 N–H and O–H groups in total. The van der Waals surface area contributed by atoms with Crippen LogP contribution in [0.15, 0.2) is 0 Å². The van der Waals surface area contributed by atoms with E-state index < -0.39 is 0 Å². The number of hydrogen-bond donors (Lipinski definition) is 2. The lowest BCUT2D eigenvalue weighted by Gasteiger charge is -2.14. The first kappa shape index (κ1) is 17.4. The number of unbranched alkanes of at least 4 members (excludes halogenated alkanes) is 6. The van der Waals surface area contributed by atoms with E-state index in [1.807, 2.05) is 0 Å². The molecule has 1 amide bonds. The van der Waals surface area contributed by atoms with Crippen molar-refractivity contribution in [3.63, 3.8) is 0 Å². The zero-order chi connectivity index (χ0) is 13.6. The Morgan fingerprint density at radius 1 is 1.17 bits per heavy atom. The average Bonchev–Trinajstić information content (AvgIpc) is 2.37. The molecule has 1 unspecified atom stereocenters. The molecule has 0 bridgehead atoms. The summed E-state index contributed by atoms with van der Waals surface area (Å²) in [5, 5.41) is 11.8. The van der Waals surface area contributed by atoms with Crippen LogP contribution in [0.25, 0.3) is 0 Å². The molecule has 1 atom stereocenters. The van der Waals surface area contributed by atoms with Gasteiger partial charge in [-0.1, -0.05) is 45.4 Å². The number of hydrogen-bond acceptors (Lipinski definition) is 3. The van der Waals surface area contributed by atoms with Gasteiger partial charge in [0.05, 0.1) is 19.3 Å². The van der Waals surface area contributed by atoms with E-state index in [1.54, 1.807) is 7.11 Å². The van der Waals surface area contributed by atoms with Gasteiger partial charge in [-0.3, -0.25) is 4.79 Å². The highest BCUT2D eigenvalue weighted by Crippen LogP contribution is 2.08. The first-order valence-corrected chi connectivity index (χ1v) is 7.13. The standard InChI is InChI=1S/C14H29NO3/c1-3-4-5-6-7-8-9-10-14(17)15-13(11-16)12-18-2/h13,16H,3-12H2,1-2H3,(H,15,17). The second-order valence-corrected chi connectivity index (χ2v) is 4.77. The lowest BCUT2D eigenvalue weighted by atomic mass is 10.1. The molecule has 0 aliphatic carbocycles. The van der Waals surface area contributed by atoms with Gasteiger partial charge in [0.25, 0.3) is 0 Å². The van der Waals surface area contributed by atoms with Crippen molar-refractivity contribution in [3.05, 3.63) is 0 Å². The van der Waals surface area contributed by atoms with Gasteiger partial charge in [-0.2, -0.15) is 0 Å². The van der Waals surface area contributed by atoms with Gasteiger partial charge in [0, 0.05) is 13.5 Å². The summed E-state index contributed by atoms with van der Waals surface area (Å²) < 4.78 is 4.90. The van der Waals surface area contributed by atoms with Crippen LogP contribution in [0.2, 0.25) is 0 Å². The minimum Gasteiger partial charge on any atom is -0.394 e. The first-order chi connectivity index (χ1) is 8.74. The van der Waals surface area contributed by atoms with Gasteiger partial charge < -0.3 is 15.2 Å². The fourth-order valence-corrected chi connectivity index (χ4v) is 1.88. The predicted octanol–water partition coefficient (Wildman–Crippen LogP) is 2.25. The summed E-state index contributed by atoms with van der Waals surface area (Å²) in [6.07, 6.45) is 8.98. The van der Waals surface area contributed by atoms with E-state index >= 15 is 0 Å². The molecule has 0 aromatic rings. The average molecular weight is 259 g/mol. The van der Waals surface area contributed by atoms with E-state index in [-0.39, 0.29) is 18.6 Å². The van der Waals surface area contributed by atoms with E-state index in [0.717, 1.165) is 12.8 Å². The van der Waals surface area contributed by atoms with Gasteiger partial charge >= 0.3 is 0 Å². The van der Waals surface area contributed by atoms with Gasteiger partial charge in [0.2, 0.25) is 5.91 Å². The Morgan fingerprint density at radius 2 is 1.78 bits per heavy atom. The van der Waals surface area contributed by atoms with Crippen LogP contribution in [0.4, 0.5) is 0 Å². The molecule has 0 radical (unpaired) electrons. The van der Waals surface area contributed by atoms with E-state index in [0.29, 0.717) is 13.0 Å². The van der Waals surface area contributed by atoms with Crippen molar-refractivity contribution in [2.75, 3.05) is 20.3 Å². The SMILES string of the molecule is CCCCCCCCCC(=O)NC(CO)COC. The molecule has 0 aromatic heterocycles. The Bertz CT molecular complexity index is 197. The molecule has 0 aromatic carbocycles. The Morgan fingerprint density at radius 3 is 2.33 bits per heavy atom. The highest BCUT2D eigenvalue weighted by atomic mass is 16.5. The maximum absolute atomic E-state index is 11.5. The summed E-state index contributed by atoms with van der Waals surface area (Å²) in [5.41, 5.74) is 0. The normalized spacial score (nSPS) is 12.4. The molecule has 108 valence electrons. The molecule has 4 nitrogen and oxygen atoms in total. The fraction of sp³-hybridized carbons (Fsp3) is 0.929. The number of ether oxygens (including phenoxy) is 1. The van der Waals surface area contributed by atoms with Crippen molar-refractivity contribution in [2.24, 2.45) is 0 Å². The summed E-state index contributed by atoms with van der Waals surface area (Å²) in [4.78, 5) is 11.5. The van der Waals surface area contributed by atoms with Crippen LogP contribution in [0.5, 0.6) is 0 Å². The van der Waals surface area contributed by atoms with Crippen molar-refractivity contribution in [2.45, 2.75) is 64.3 Å². The summed E-state index contributed by atoms with van der Waals surface area (Å²) in [6, 6.07) is -0.271. The molecule has 0 saturated carbocycles. The van der Waals surface area contributed by atoms with E-state index in [9.17, 15) is 4.79 Å². The van der Waals surface area contributed by atoms with Crippen LogP contribution in [0.3, 0.4) is 0 Å². The van der Waals surface area contributed by atoms with Crippen LogP contribution in [-0.2, 0) is 9.53 Å². The number of carbonyl (C=O) groups is 1. The number of carbonyl (C=O) groups excluding carboxylic acids is 1. The maximum atomic E-state index is 11.5. The Kier molecular flexibility index (Phi) is 12.4. The quantitative estimate of drug-likeness (QED) is 0.528. The summed E-state index contributed by atoms with van der Waals surface area (Å²) in [6.45, 7) is 2.50. The molecule has 0 aliphatic heterocycles.